The topological polar surface area (TPSA) is 33.2 Å². The molecule has 1 saturated heterocycles. The van der Waals surface area contributed by atoms with Crippen molar-refractivity contribution >= 4 is 33.6 Å². The number of rotatable bonds is 1. The standard InChI is InChI=1S/C11H13BrN2OS/c1-8-7-16-6-5-14(8)11(15)10-9(12)3-2-4-13-10/h2-4,8H,5-7H2,1H3. The van der Waals surface area contributed by atoms with E-state index in [1.807, 2.05) is 28.8 Å². The summed E-state index contributed by atoms with van der Waals surface area (Å²) in [6, 6.07) is 3.96. The molecule has 1 aromatic rings. The Morgan fingerprint density at radius 3 is 3.19 bits per heavy atom. The summed E-state index contributed by atoms with van der Waals surface area (Å²) in [6.45, 7) is 2.90. The average Bonchev–Trinajstić information content (AvgIpc) is 2.29. The molecular weight excluding hydrogens is 288 g/mol. The minimum atomic E-state index is 0.0280. The summed E-state index contributed by atoms with van der Waals surface area (Å²) in [6.07, 6.45) is 1.65. The zero-order valence-electron chi connectivity index (χ0n) is 9.02. The third-order valence-electron chi connectivity index (χ3n) is 2.59. The number of amides is 1. The van der Waals surface area contributed by atoms with Gasteiger partial charge < -0.3 is 4.90 Å². The van der Waals surface area contributed by atoms with Crippen LogP contribution < -0.4 is 0 Å². The number of carbonyl (C=O) groups excluding carboxylic acids is 1. The Hall–Kier alpha value is -0.550. The van der Waals surface area contributed by atoms with Crippen LogP contribution in [0.3, 0.4) is 0 Å². The molecule has 0 aromatic carbocycles. The van der Waals surface area contributed by atoms with Crippen molar-refractivity contribution in [2.75, 3.05) is 18.1 Å². The summed E-state index contributed by atoms with van der Waals surface area (Å²) in [4.78, 5) is 18.3. The molecule has 1 amide bonds. The van der Waals surface area contributed by atoms with Crippen LogP contribution in [0, 0.1) is 0 Å². The van der Waals surface area contributed by atoms with Crippen molar-refractivity contribution in [2.45, 2.75) is 13.0 Å². The predicted molar refractivity (Wildman–Crippen MR) is 69.8 cm³/mol. The minimum absolute atomic E-state index is 0.0280. The predicted octanol–water partition coefficient (Wildman–Crippen LogP) is 2.42. The lowest BCUT2D eigenvalue weighted by Gasteiger charge is -2.32. The van der Waals surface area contributed by atoms with Crippen LogP contribution in [0.2, 0.25) is 0 Å². The highest BCUT2D eigenvalue weighted by atomic mass is 79.9. The van der Waals surface area contributed by atoms with Gasteiger partial charge in [0.2, 0.25) is 0 Å². The Bertz CT molecular complexity index is 399. The third kappa shape index (κ3) is 2.40. The fraction of sp³-hybridized carbons (Fsp3) is 0.455. The fourth-order valence-corrected chi connectivity index (χ4v) is 3.15. The van der Waals surface area contributed by atoms with E-state index in [2.05, 4.69) is 27.8 Å². The van der Waals surface area contributed by atoms with Gasteiger partial charge in [0.1, 0.15) is 5.69 Å². The van der Waals surface area contributed by atoms with Crippen molar-refractivity contribution in [3.8, 4) is 0 Å². The fourth-order valence-electron chi connectivity index (χ4n) is 1.71. The Labute approximate surface area is 108 Å². The molecule has 0 saturated carbocycles. The Kier molecular flexibility index (Phi) is 3.86. The van der Waals surface area contributed by atoms with Gasteiger partial charge >= 0.3 is 0 Å². The van der Waals surface area contributed by atoms with Gasteiger partial charge in [-0.15, -0.1) is 0 Å². The van der Waals surface area contributed by atoms with Gasteiger partial charge in [0.15, 0.2) is 0 Å². The van der Waals surface area contributed by atoms with E-state index in [0.717, 1.165) is 22.5 Å². The van der Waals surface area contributed by atoms with Gasteiger partial charge in [-0.05, 0) is 35.0 Å². The molecule has 0 bridgehead atoms. The molecule has 0 aliphatic carbocycles. The van der Waals surface area contributed by atoms with Crippen LogP contribution >= 0.6 is 27.7 Å². The molecule has 5 heteroatoms. The van der Waals surface area contributed by atoms with Crippen LogP contribution in [-0.4, -0.2) is 39.9 Å². The van der Waals surface area contributed by atoms with E-state index >= 15 is 0 Å². The first-order chi connectivity index (χ1) is 7.70. The maximum absolute atomic E-state index is 12.3. The van der Waals surface area contributed by atoms with Crippen molar-refractivity contribution in [3.63, 3.8) is 0 Å². The first-order valence-corrected chi connectivity index (χ1v) is 7.14. The number of pyridine rings is 1. The van der Waals surface area contributed by atoms with E-state index in [-0.39, 0.29) is 5.91 Å². The molecule has 16 heavy (non-hydrogen) atoms. The number of halogens is 1. The summed E-state index contributed by atoms with van der Waals surface area (Å²) in [5.74, 6) is 2.05. The molecule has 1 aliphatic heterocycles. The molecular formula is C11H13BrN2OS. The first-order valence-electron chi connectivity index (χ1n) is 5.19. The summed E-state index contributed by atoms with van der Waals surface area (Å²) in [7, 11) is 0. The van der Waals surface area contributed by atoms with Crippen molar-refractivity contribution < 1.29 is 4.79 Å². The van der Waals surface area contributed by atoms with Crippen molar-refractivity contribution in [1.82, 2.24) is 9.88 Å². The van der Waals surface area contributed by atoms with E-state index in [4.69, 9.17) is 0 Å². The quantitative estimate of drug-likeness (QED) is 0.799. The third-order valence-corrected chi connectivity index (χ3v) is 4.42. The number of hydrogen-bond donors (Lipinski definition) is 0. The summed E-state index contributed by atoms with van der Waals surface area (Å²) in [5.41, 5.74) is 0.515. The monoisotopic (exact) mass is 300 g/mol. The highest BCUT2D eigenvalue weighted by Crippen LogP contribution is 2.21. The Morgan fingerprint density at radius 2 is 2.50 bits per heavy atom. The molecule has 1 fully saturated rings. The second-order valence-electron chi connectivity index (χ2n) is 3.76. The smallest absolute Gasteiger partial charge is 0.273 e. The average molecular weight is 301 g/mol. The lowest BCUT2D eigenvalue weighted by atomic mass is 10.2. The SMILES string of the molecule is CC1CSCCN1C(=O)c1ncccc1Br. The normalized spacial score (nSPS) is 20.9. The van der Waals surface area contributed by atoms with E-state index in [9.17, 15) is 4.79 Å². The number of nitrogens with zero attached hydrogens (tertiary/aromatic N) is 2. The van der Waals surface area contributed by atoms with Gasteiger partial charge in [0.05, 0.1) is 0 Å². The highest BCUT2D eigenvalue weighted by Gasteiger charge is 2.26. The van der Waals surface area contributed by atoms with Crippen LogP contribution in [0.25, 0.3) is 0 Å². The van der Waals surface area contributed by atoms with E-state index in [1.54, 1.807) is 6.20 Å². The number of aromatic nitrogens is 1. The highest BCUT2D eigenvalue weighted by molar-refractivity contribution is 9.10. The second-order valence-corrected chi connectivity index (χ2v) is 5.76. The van der Waals surface area contributed by atoms with Gasteiger partial charge in [-0.1, -0.05) is 0 Å². The maximum Gasteiger partial charge on any atom is 0.273 e. The molecule has 2 heterocycles. The molecule has 0 N–H and O–H groups in total. The van der Waals surface area contributed by atoms with Gasteiger partial charge in [-0.2, -0.15) is 11.8 Å². The van der Waals surface area contributed by atoms with Crippen LogP contribution in [-0.2, 0) is 0 Å². The minimum Gasteiger partial charge on any atom is -0.333 e. The van der Waals surface area contributed by atoms with Crippen LogP contribution in [0.1, 0.15) is 17.4 Å². The van der Waals surface area contributed by atoms with E-state index < -0.39 is 0 Å². The molecule has 1 unspecified atom stereocenters. The molecule has 0 radical (unpaired) electrons. The lowest BCUT2D eigenvalue weighted by Crippen LogP contribution is -2.44. The van der Waals surface area contributed by atoms with Crippen LogP contribution in [0.15, 0.2) is 22.8 Å². The van der Waals surface area contributed by atoms with Gasteiger partial charge in [-0.25, -0.2) is 4.98 Å². The largest absolute Gasteiger partial charge is 0.333 e. The van der Waals surface area contributed by atoms with Gasteiger partial charge in [-0.3, -0.25) is 4.79 Å². The maximum atomic E-state index is 12.3. The first kappa shape index (κ1) is 11.9. The second kappa shape index (κ2) is 5.19. The van der Waals surface area contributed by atoms with Crippen LogP contribution in [0.4, 0.5) is 0 Å². The molecule has 1 aromatic heterocycles. The lowest BCUT2D eigenvalue weighted by molar-refractivity contribution is 0.0709. The molecule has 2 rings (SSSR count). The van der Waals surface area contributed by atoms with Crippen molar-refractivity contribution in [3.05, 3.63) is 28.5 Å². The van der Waals surface area contributed by atoms with Crippen molar-refractivity contribution in [2.24, 2.45) is 0 Å². The van der Waals surface area contributed by atoms with E-state index in [1.165, 1.54) is 0 Å². The Balaban J connectivity index is 2.21. The molecule has 3 nitrogen and oxygen atoms in total. The molecule has 1 aliphatic rings. The number of thioether (sulfide) groups is 1. The zero-order chi connectivity index (χ0) is 11.5. The van der Waals surface area contributed by atoms with E-state index in [0.29, 0.717) is 11.7 Å². The van der Waals surface area contributed by atoms with Crippen LogP contribution in [0.5, 0.6) is 0 Å². The molecule has 1 atom stereocenters. The summed E-state index contributed by atoms with van der Waals surface area (Å²) in [5, 5.41) is 0. The molecule has 86 valence electrons. The summed E-state index contributed by atoms with van der Waals surface area (Å²) >= 11 is 5.27. The van der Waals surface area contributed by atoms with Crippen molar-refractivity contribution in [1.29, 1.82) is 0 Å². The molecule has 0 spiro atoms. The summed E-state index contributed by atoms with van der Waals surface area (Å²) < 4.78 is 0.769. The number of carbonyl (C=O) groups is 1. The zero-order valence-corrected chi connectivity index (χ0v) is 11.4. The van der Waals surface area contributed by atoms with Gasteiger partial charge in [0, 0.05) is 34.8 Å². The Morgan fingerprint density at radius 1 is 1.69 bits per heavy atom. The number of hydrogen-bond acceptors (Lipinski definition) is 3. The van der Waals surface area contributed by atoms with Gasteiger partial charge in [0.25, 0.3) is 5.91 Å².